The summed E-state index contributed by atoms with van der Waals surface area (Å²) in [4.78, 5) is 54.5. The molecule has 1 aliphatic rings. The second kappa shape index (κ2) is 12.8. The minimum atomic E-state index is -1.07. The number of likely N-dealkylation sites (tertiary alicyclic amines) is 1. The summed E-state index contributed by atoms with van der Waals surface area (Å²) in [7, 11) is 0. The van der Waals surface area contributed by atoms with Gasteiger partial charge in [0.1, 0.15) is 18.1 Å². The number of nitrogens with zero attached hydrogens (tertiary/aromatic N) is 2. The number of amides is 3. The van der Waals surface area contributed by atoms with Crippen molar-refractivity contribution in [3.05, 3.63) is 0 Å². The molecule has 32 heavy (non-hydrogen) atoms. The lowest BCUT2D eigenvalue weighted by Crippen LogP contribution is -2.56. The van der Waals surface area contributed by atoms with Gasteiger partial charge < -0.3 is 37.8 Å². The van der Waals surface area contributed by atoms with Crippen LogP contribution >= 0.6 is 0 Å². The number of carboxylic acids is 1. The second-order valence-corrected chi connectivity index (χ2v) is 8.50. The maximum atomic E-state index is 12.9. The Balaban J connectivity index is 2.81. The van der Waals surface area contributed by atoms with E-state index < -0.39 is 47.9 Å². The molecule has 0 aromatic heterocycles. The van der Waals surface area contributed by atoms with Gasteiger partial charge in [-0.25, -0.2) is 4.79 Å². The van der Waals surface area contributed by atoms with E-state index in [1.54, 1.807) is 0 Å². The van der Waals surface area contributed by atoms with Crippen LogP contribution in [0.3, 0.4) is 0 Å². The Hall–Kier alpha value is -2.89. The van der Waals surface area contributed by atoms with E-state index in [4.69, 9.17) is 17.2 Å². The normalized spacial score (nSPS) is 18.5. The number of hydrogen-bond acceptors (Lipinski definition) is 6. The highest BCUT2D eigenvalue weighted by molar-refractivity contribution is 5.94. The van der Waals surface area contributed by atoms with E-state index in [1.807, 2.05) is 13.8 Å². The fraction of sp³-hybridized carbons (Fsp3) is 0.750. The van der Waals surface area contributed by atoms with E-state index in [9.17, 15) is 24.3 Å². The van der Waals surface area contributed by atoms with Crippen LogP contribution in [0.1, 0.15) is 52.9 Å². The van der Waals surface area contributed by atoms with Crippen LogP contribution in [0.5, 0.6) is 0 Å². The van der Waals surface area contributed by atoms with Crippen LogP contribution in [-0.2, 0) is 19.2 Å². The first-order valence-electron chi connectivity index (χ1n) is 10.9. The maximum Gasteiger partial charge on any atom is 0.326 e. The SMILES string of the molecule is CC(C)CC(N)C(=O)NC(CCCN=C(N)N)C(=O)NC(C)C(=O)N1CCCC1C(=O)O. The molecule has 0 aromatic carbocycles. The Morgan fingerprint density at radius 2 is 1.78 bits per heavy atom. The first kappa shape index (κ1) is 27.1. The standard InChI is InChI=1S/C20H37N7O5/c1-11(2)10-13(21)16(28)26-14(6-4-8-24-20(22)23)17(29)25-12(3)18(30)27-9-5-7-15(27)19(31)32/h11-15H,4-10,21H2,1-3H3,(H,25,29)(H,26,28)(H,31,32)(H4,22,23,24). The highest BCUT2D eigenvalue weighted by Gasteiger charge is 2.36. The topological polar surface area (TPSA) is 206 Å². The van der Waals surface area contributed by atoms with Gasteiger partial charge in [0.15, 0.2) is 5.96 Å². The number of nitrogens with two attached hydrogens (primary N) is 3. The molecule has 4 unspecified atom stereocenters. The Kier molecular flexibility index (Phi) is 10.9. The Bertz CT molecular complexity index is 708. The molecular weight excluding hydrogens is 418 g/mol. The molecule has 12 nitrogen and oxygen atoms in total. The Morgan fingerprint density at radius 3 is 2.34 bits per heavy atom. The molecule has 0 spiro atoms. The van der Waals surface area contributed by atoms with Crippen LogP contribution < -0.4 is 27.8 Å². The first-order chi connectivity index (χ1) is 14.9. The number of hydrogen-bond donors (Lipinski definition) is 6. The van der Waals surface area contributed by atoms with Crippen LogP contribution in [0.15, 0.2) is 4.99 Å². The predicted octanol–water partition coefficient (Wildman–Crippen LogP) is -1.52. The zero-order valence-corrected chi connectivity index (χ0v) is 19.0. The van der Waals surface area contributed by atoms with Gasteiger partial charge in [0.05, 0.1) is 6.04 Å². The lowest BCUT2D eigenvalue weighted by Gasteiger charge is -2.27. The van der Waals surface area contributed by atoms with Gasteiger partial charge in [-0.3, -0.25) is 19.4 Å². The molecule has 12 heteroatoms. The van der Waals surface area contributed by atoms with Gasteiger partial charge in [-0.15, -0.1) is 0 Å². The fourth-order valence-corrected chi connectivity index (χ4v) is 3.58. The molecule has 0 radical (unpaired) electrons. The minimum absolute atomic E-state index is 0.0770. The van der Waals surface area contributed by atoms with Gasteiger partial charge in [0, 0.05) is 13.1 Å². The predicted molar refractivity (Wildman–Crippen MR) is 119 cm³/mol. The molecule has 1 aliphatic heterocycles. The van der Waals surface area contributed by atoms with Crippen molar-refractivity contribution >= 4 is 29.7 Å². The molecule has 0 saturated carbocycles. The number of aliphatic carboxylic acids is 1. The maximum absolute atomic E-state index is 12.9. The van der Waals surface area contributed by atoms with Crippen molar-refractivity contribution in [1.82, 2.24) is 15.5 Å². The number of carbonyl (C=O) groups is 4. The van der Waals surface area contributed by atoms with Crippen molar-refractivity contribution in [3.8, 4) is 0 Å². The van der Waals surface area contributed by atoms with Crippen molar-refractivity contribution in [2.75, 3.05) is 13.1 Å². The molecule has 3 amide bonds. The van der Waals surface area contributed by atoms with Crippen LogP contribution in [0.25, 0.3) is 0 Å². The number of guanidine groups is 1. The van der Waals surface area contributed by atoms with Crippen molar-refractivity contribution < 1.29 is 24.3 Å². The quantitative estimate of drug-likeness (QED) is 0.115. The van der Waals surface area contributed by atoms with E-state index >= 15 is 0 Å². The van der Waals surface area contributed by atoms with Crippen LogP contribution in [-0.4, -0.2) is 76.9 Å². The molecule has 0 bridgehead atoms. The average molecular weight is 456 g/mol. The summed E-state index contributed by atoms with van der Waals surface area (Å²) in [5, 5.41) is 14.5. The second-order valence-electron chi connectivity index (χ2n) is 8.50. The number of rotatable bonds is 12. The number of aliphatic imine (C=N–C) groups is 1. The molecule has 0 aromatic rings. The summed E-state index contributed by atoms with van der Waals surface area (Å²) < 4.78 is 0. The van der Waals surface area contributed by atoms with E-state index in [1.165, 1.54) is 11.8 Å². The van der Waals surface area contributed by atoms with Crippen LogP contribution in [0.4, 0.5) is 0 Å². The molecule has 1 saturated heterocycles. The van der Waals surface area contributed by atoms with Crippen LogP contribution in [0, 0.1) is 5.92 Å². The molecule has 0 aliphatic carbocycles. The summed E-state index contributed by atoms with van der Waals surface area (Å²) in [5.41, 5.74) is 16.5. The largest absolute Gasteiger partial charge is 0.480 e. The monoisotopic (exact) mass is 455 g/mol. The highest BCUT2D eigenvalue weighted by atomic mass is 16.4. The van der Waals surface area contributed by atoms with Gasteiger partial charge in [0.2, 0.25) is 17.7 Å². The van der Waals surface area contributed by atoms with Crippen molar-refractivity contribution in [1.29, 1.82) is 0 Å². The summed E-state index contributed by atoms with van der Waals surface area (Å²) in [6.07, 6.45) is 2.05. The highest BCUT2D eigenvalue weighted by Crippen LogP contribution is 2.18. The van der Waals surface area contributed by atoms with Crippen molar-refractivity contribution in [2.24, 2.45) is 28.1 Å². The fourth-order valence-electron chi connectivity index (χ4n) is 3.58. The first-order valence-corrected chi connectivity index (χ1v) is 10.9. The Labute approximate surface area is 188 Å². The third-order valence-electron chi connectivity index (χ3n) is 5.19. The third-order valence-corrected chi connectivity index (χ3v) is 5.19. The molecule has 1 heterocycles. The van der Waals surface area contributed by atoms with E-state index in [2.05, 4.69) is 15.6 Å². The summed E-state index contributed by atoms with van der Waals surface area (Å²) in [6.45, 7) is 5.94. The van der Waals surface area contributed by atoms with Crippen LogP contribution in [0.2, 0.25) is 0 Å². The van der Waals surface area contributed by atoms with Gasteiger partial charge in [-0.2, -0.15) is 0 Å². The zero-order chi connectivity index (χ0) is 24.4. The third kappa shape index (κ3) is 8.69. The minimum Gasteiger partial charge on any atom is -0.480 e. The molecular formula is C20H37N7O5. The average Bonchev–Trinajstić information content (AvgIpc) is 3.18. The van der Waals surface area contributed by atoms with Gasteiger partial charge in [-0.1, -0.05) is 13.8 Å². The van der Waals surface area contributed by atoms with E-state index in [0.717, 1.165) is 0 Å². The molecule has 4 atom stereocenters. The Morgan fingerprint density at radius 1 is 1.12 bits per heavy atom. The summed E-state index contributed by atoms with van der Waals surface area (Å²) in [6, 6.07) is -3.57. The molecule has 1 fully saturated rings. The summed E-state index contributed by atoms with van der Waals surface area (Å²) in [5.74, 6) is -2.46. The van der Waals surface area contributed by atoms with Gasteiger partial charge in [-0.05, 0) is 44.9 Å². The number of carbonyl (C=O) groups excluding carboxylic acids is 3. The lowest BCUT2D eigenvalue weighted by molar-refractivity contribution is -0.149. The molecule has 1 rings (SSSR count). The van der Waals surface area contributed by atoms with E-state index in [0.29, 0.717) is 32.2 Å². The summed E-state index contributed by atoms with van der Waals surface area (Å²) >= 11 is 0. The van der Waals surface area contributed by atoms with E-state index in [-0.39, 0.29) is 24.8 Å². The molecule has 182 valence electrons. The lowest BCUT2D eigenvalue weighted by atomic mass is 10.0. The molecule has 9 N–H and O–H groups in total. The zero-order valence-electron chi connectivity index (χ0n) is 19.0. The van der Waals surface area contributed by atoms with Crippen molar-refractivity contribution in [3.63, 3.8) is 0 Å². The van der Waals surface area contributed by atoms with Gasteiger partial charge >= 0.3 is 5.97 Å². The smallest absolute Gasteiger partial charge is 0.326 e. The number of carboxylic acid groups (broad SMARTS) is 1. The number of nitrogens with one attached hydrogen (secondary N) is 2. The van der Waals surface area contributed by atoms with Gasteiger partial charge in [0.25, 0.3) is 0 Å². The van der Waals surface area contributed by atoms with Crippen molar-refractivity contribution in [2.45, 2.75) is 77.0 Å².